The first kappa shape index (κ1) is 23.8. The number of hydrogen-bond acceptors (Lipinski definition) is 6. The number of benzene rings is 2. The third-order valence-corrected chi connectivity index (χ3v) is 7.22. The van der Waals surface area contributed by atoms with Crippen molar-refractivity contribution in [2.45, 2.75) is 30.2 Å². The summed E-state index contributed by atoms with van der Waals surface area (Å²) in [5.74, 6) is -1.74. The zero-order valence-corrected chi connectivity index (χ0v) is 20.1. The molecule has 1 saturated carbocycles. The summed E-state index contributed by atoms with van der Waals surface area (Å²) in [6.45, 7) is -0.0632. The van der Waals surface area contributed by atoms with E-state index >= 15 is 0 Å². The van der Waals surface area contributed by atoms with Crippen molar-refractivity contribution in [3.8, 4) is 0 Å². The highest BCUT2D eigenvalue weighted by atomic mass is 32.2. The molecule has 7 nitrogen and oxygen atoms in total. The second-order valence-corrected chi connectivity index (χ2v) is 10.9. The average molecular weight is 509 g/mol. The van der Waals surface area contributed by atoms with Gasteiger partial charge in [0.05, 0.1) is 28.2 Å². The fourth-order valence-electron chi connectivity index (χ4n) is 4.07. The molecule has 2 heterocycles. The molecule has 0 radical (unpaired) electrons. The smallest absolute Gasteiger partial charge is 0.260 e. The number of hydrogen-bond donors (Lipinski definition) is 1. The molecule has 0 aliphatic heterocycles. The largest absolute Gasteiger partial charge is 0.381 e. The van der Waals surface area contributed by atoms with Gasteiger partial charge in [0.2, 0.25) is 0 Å². The fraction of sp³-hybridized carbons (Fsp3) is 0.192. The molecule has 0 atom stereocenters. The van der Waals surface area contributed by atoms with Crippen LogP contribution in [0.2, 0.25) is 0 Å². The highest BCUT2D eigenvalue weighted by Gasteiger charge is 2.28. The molecule has 1 fully saturated rings. The van der Waals surface area contributed by atoms with Crippen molar-refractivity contribution in [1.29, 1.82) is 0 Å². The first-order valence-corrected chi connectivity index (χ1v) is 13.1. The number of anilines is 2. The summed E-state index contributed by atoms with van der Waals surface area (Å²) in [7, 11) is -3.88. The molecule has 0 unspecified atom stereocenters. The number of carbonyl (C=O) groups excluding carboxylic acids is 1. The SMILES string of the molecule is CS(=O)(=O)c1cc(F)ccc1N(Cc1ccc2cc(F)c(N)nc2c1)C(=O)c1ccc(C2CC2)nc1. The lowest BCUT2D eigenvalue weighted by atomic mass is 10.1. The highest BCUT2D eigenvalue weighted by Crippen LogP contribution is 2.39. The summed E-state index contributed by atoms with van der Waals surface area (Å²) in [4.78, 5) is 23.1. The monoisotopic (exact) mass is 508 g/mol. The molecule has 10 heteroatoms. The lowest BCUT2D eigenvalue weighted by Gasteiger charge is -2.25. The third kappa shape index (κ3) is 4.76. The Morgan fingerprint density at radius 3 is 2.53 bits per heavy atom. The number of pyridine rings is 2. The number of fused-ring (bicyclic) bond motifs is 1. The molecular formula is C26H22F2N4O3S. The molecular weight excluding hydrogens is 486 g/mol. The maximum Gasteiger partial charge on any atom is 0.260 e. The standard InChI is InChI=1S/C26H22F2N4O3S/c1-36(34,35)24-12-19(27)7-9-23(24)32(26(33)18-6-8-21(30-13-18)16-4-5-16)14-15-2-3-17-11-20(28)25(29)31-22(17)10-15/h2-3,6-13,16H,4-5,14H2,1H3,(H2,29,31). The van der Waals surface area contributed by atoms with Gasteiger partial charge in [0.1, 0.15) is 5.82 Å². The van der Waals surface area contributed by atoms with E-state index in [0.29, 0.717) is 22.4 Å². The van der Waals surface area contributed by atoms with E-state index in [1.165, 1.54) is 23.2 Å². The lowest BCUT2D eigenvalue weighted by Crippen LogP contribution is -2.32. The minimum atomic E-state index is -3.88. The normalized spacial score (nSPS) is 13.6. The van der Waals surface area contributed by atoms with Gasteiger partial charge in [0, 0.05) is 29.5 Å². The summed E-state index contributed by atoms with van der Waals surface area (Å²) in [6.07, 6.45) is 4.55. The fourth-order valence-corrected chi connectivity index (χ4v) is 4.95. The van der Waals surface area contributed by atoms with Crippen LogP contribution in [0.4, 0.5) is 20.3 Å². The zero-order chi connectivity index (χ0) is 25.6. The van der Waals surface area contributed by atoms with Crippen LogP contribution in [0.1, 0.15) is 40.4 Å². The first-order chi connectivity index (χ1) is 17.1. The Kier molecular flexibility index (Phi) is 5.91. The van der Waals surface area contributed by atoms with Crippen molar-refractivity contribution in [3.05, 3.63) is 89.2 Å². The molecule has 1 amide bonds. The number of nitrogens with zero attached hydrogens (tertiary/aromatic N) is 3. The minimum Gasteiger partial charge on any atom is -0.381 e. The van der Waals surface area contributed by atoms with Crippen molar-refractivity contribution < 1.29 is 22.0 Å². The topological polar surface area (TPSA) is 106 Å². The molecule has 0 spiro atoms. The van der Waals surface area contributed by atoms with Gasteiger partial charge in [0.15, 0.2) is 21.5 Å². The molecule has 2 N–H and O–H groups in total. The van der Waals surface area contributed by atoms with Crippen LogP contribution in [0.15, 0.2) is 65.7 Å². The molecule has 184 valence electrons. The van der Waals surface area contributed by atoms with Gasteiger partial charge in [-0.2, -0.15) is 0 Å². The molecule has 2 aromatic heterocycles. The van der Waals surface area contributed by atoms with E-state index in [-0.39, 0.29) is 28.5 Å². The van der Waals surface area contributed by atoms with E-state index in [1.807, 2.05) is 0 Å². The van der Waals surface area contributed by atoms with Gasteiger partial charge in [-0.15, -0.1) is 0 Å². The number of halogens is 2. The predicted octanol–water partition coefficient (Wildman–Crippen LogP) is 4.62. The molecule has 0 saturated heterocycles. The minimum absolute atomic E-state index is 0.0295. The first-order valence-electron chi connectivity index (χ1n) is 11.2. The van der Waals surface area contributed by atoms with Crippen LogP contribution in [0.5, 0.6) is 0 Å². The van der Waals surface area contributed by atoms with E-state index in [1.54, 1.807) is 30.3 Å². The van der Waals surface area contributed by atoms with Crippen LogP contribution in [0.3, 0.4) is 0 Å². The number of rotatable bonds is 6. The molecule has 36 heavy (non-hydrogen) atoms. The average Bonchev–Trinajstić information content (AvgIpc) is 3.68. The Labute approximate surface area is 206 Å². The van der Waals surface area contributed by atoms with E-state index in [4.69, 9.17) is 5.73 Å². The lowest BCUT2D eigenvalue weighted by molar-refractivity contribution is 0.0984. The summed E-state index contributed by atoms with van der Waals surface area (Å²) in [6, 6.07) is 12.9. The van der Waals surface area contributed by atoms with E-state index in [0.717, 1.165) is 36.9 Å². The summed E-state index contributed by atoms with van der Waals surface area (Å²) in [5.41, 5.74) is 7.80. The van der Waals surface area contributed by atoms with Gasteiger partial charge in [-0.25, -0.2) is 22.2 Å². The maximum absolute atomic E-state index is 14.0. The Morgan fingerprint density at radius 2 is 1.86 bits per heavy atom. The number of carbonyl (C=O) groups is 1. The second kappa shape index (κ2) is 8.94. The molecule has 1 aliphatic carbocycles. The number of amides is 1. The van der Waals surface area contributed by atoms with Crippen LogP contribution in [0, 0.1) is 11.6 Å². The Morgan fingerprint density at radius 1 is 1.08 bits per heavy atom. The van der Waals surface area contributed by atoms with Crippen LogP contribution in [-0.4, -0.2) is 30.5 Å². The van der Waals surface area contributed by atoms with Crippen LogP contribution in [0.25, 0.3) is 10.9 Å². The molecule has 0 bridgehead atoms. The van der Waals surface area contributed by atoms with Gasteiger partial charge in [-0.3, -0.25) is 9.78 Å². The molecule has 1 aliphatic rings. The van der Waals surface area contributed by atoms with Crippen molar-refractivity contribution in [1.82, 2.24) is 9.97 Å². The van der Waals surface area contributed by atoms with Gasteiger partial charge >= 0.3 is 0 Å². The van der Waals surface area contributed by atoms with Crippen LogP contribution < -0.4 is 10.6 Å². The molecule has 2 aromatic carbocycles. The summed E-state index contributed by atoms with van der Waals surface area (Å²) in [5, 5.41) is 0.516. The van der Waals surface area contributed by atoms with Gasteiger partial charge in [-0.1, -0.05) is 12.1 Å². The Hall–Kier alpha value is -3.92. The molecule has 4 aromatic rings. The van der Waals surface area contributed by atoms with Crippen LogP contribution >= 0.6 is 0 Å². The number of nitrogens with two attached hydrogens (primary N) is 1. The van der Waals surface area contributed by atoms with Gasteiger partial charge in [-0.05, 0) is 60.9 Å². The van der Waals surface area contributed by atoms with Gasteiger partial charge in [0.25, 0.3) is 5.91 Å². The number of nitrogen functional groups attached to an aromatic ring is 1. The molecule has 5 rings (SSSR count). The highest BCUT2D eigenvalue weighted by molar-refractivity contribution is 7.90. The van der Waals surface area contributed by atoms with Crippen molar-refractivity contribution in [2.24, 2.45) is 0 Å². The van der Waals surface area contributed by atoms with E-state index < -0.39 is 27.4 Å². The number of aromatic nitrogens is 2. The third-order valence-electron chi connectivity index (χ3n) is 6.09. The van der Waals surface area contributed by atoms with E-state index in [2.05, 4.69) is 9.97 Å². The Balaban J connectivity index is 1.60. The predicted molar refractivity (Wildman–Crippen MR) is 132 cm³/mol. The maximum atomic E-state index is 14.0. The second-order valence-electron chi connectivity index (χ2n) is 8.90. The van der Waals surface area contributed by atoms with E-state index in [9.17, 15) is 22.0 Å². The quantitative estimate of drug-likeness (QED) is 0.407. The summed E-state index contributed by atoms with van der Waals surface area (Å²) >= 11 is 0. The van der Waals surface area contributed by atoms with Crippen molar-refractivity contribution in [3.63, 3.8) is 0 Å². The van der Waals surface area contributed by atoms with Crippen molar-refractivity contribution >= 4 is 38.2 Å². The summed E-state index contributed by atoms with van der Waals surface area (Å²) < 4.78 is 52.9. The Bertz CT molecular complexity index is 1600. The van der Waals surface area contributed by atoms with Crippen LogP contribution in [-0.2, 0) is 16.4 Å². The van der Waals surface area contributed by atoms with Gasteiger partial charge < -0.3 is 10.6 Å². The number of sulfone groups is 1. The van der Waals surface area contributed by atoms with Crippen molar-refractivity contribution in [2.75, 3.05) is 16.9 Å². The zero-order valence-electron chi connectivity index (χ0n) is 19.3.